The first kappa shape index (κ1) is 14.0. The van der Waals surface area contributed by atoms with Gasteiger partial charge in [-0.2, -0.15) is 0 Å². The third-order valence-corrected chi connectivity index (χ3v) is 5.57. The Morgan fingerprint density at radius 2 is 2.05 bits per heavy atom. The van der Waals surface area contributed by atoms with Crippen LogP contribution in [0, 0.1) is 5.41 Å². The fourth-order valence-electron chi connectivity index (χ4n) is 2.11. The summed E-state index contributed by atoms with van der Waals surface area (Å²) in [7, 11) is -3.38. The van der Waals surface area contributed by atoms with Crippen molar-refractivity contribution in [1.82, 2.24) is 10.0 Å². The van der Waals surface area contributed by atoms with Crippen molar-refractivity contribution in [2.45, 2.75) is 50.1 Å². The van der Waals surface area contributed by atoms with Crippen molar-refractivity contribution in [3.8, 4) is 0 Å². The molecule has 110 valence electrons. The predicted octanol–water partition coefficient (Wildman–Crippen LogP) is 2.02. The lowest BCUT2D eigenvalue weighted by atomic mass is 10.2. The summed E-state index contributed by atoms with van der Waals surface area (Å²) >= 11 is 0. The summed E-state index contributed by atoms with van der Waals surface area (Å²) in [6.07, 6.45) is 4.69. The maximum absolute atomic E-state index is 12.3. The summed E-state index contributed by atoms with van der Waals surface area (Å²) in [4.78, 5) is 0.372. The molecule has 20 heavy (non-hydrogen) atoms. The molecule has 2 N–H and O–H groups in total. The van der Waals surface area contributed by atoms with Gasteiger partial charge in [-0.1, -0.05) is 19.1 Å². The average Bonchev–Trinajstić information content (AvgIpc) is 3.33. The fraction of sp³-hybridized carbons (Fsp3) is 0.600. The van der Waals surface area contributed by atoms with E-state index in [1.807, 2.05) is 12.1 Å². The minimum absolute atomic E-state index is 0.179. The Morgan fingerprint density at radius 3 is 2.70 bits per heavy atom. The number of hydrogen-bond acceptors (Lipinski definition) is 3. The zero-order valence-corrected chi connectivity index (χ0v) is 12.7. The van der Waals surface area contributed by atoms with Crippen LogP contribution >= 0.6 is 0 Å². The molecule has 2 aliphatic carbocycles. The van der Waals surface area contributed by atoms with Gasteiger partial charge in [0.15, 0.2) is 0 Å². The maximum atomic E-state index is 12.3. The fourth-order valence-corrected chi connectivity index (χ4v) is 3.38. The predicted molar refractivity (Wildman–Crippen MR) is 78.8 cm³/mol. The van der Waals surface area contributed by atoms with Crippen molar-refractivity contribution in [2.24, 2.45) is 5.41 Å². The van der Waals surface area contributed by atoms with Gasteiger partial charge < -0.3 is 5.32 Å². The van der Waals surface area contributed by atoms with Crippen LogP contribution in [0.15, 0.2) is 29.2 Å². The SMILES string of the molecule is CC1(CNS(=O)(=O)c2cccc(CNC3CC3)c2)CC1. The summed E-state index contributed by atoms with van der Waals surface area (Å²) in [6, 6.07) is 7.85. The van der Waals surface area contributed by atoms with Crippen molar-refractivity contribution >= 4 is 10.0 Å². The number of hydrogen-bond donors (Lipinski definition) is 2. The van der Waals surface area contributed by atoms with Crippen LogP contribution in [0.4, 0.5) is 0 Å². The van der Waals surface area contributed by atoms with E-state index >= 15 is 0 Å². The Hall–Kier alpha value is -0.910. The van der Waals surface area contributed by atoms with Gasteiger partial charge in [0.25, 0.3) is 0 Å². The molecule has 0 atom stereocenters. The molecule has 2 saturated carbocycles. The van der Waals surface area contributed by atoms with Crippen LogP contribution in [0.3, 0.4) is 0 Å². The highest BCUT2D eigenvalue weighted by Gasteiger charge is 2.38. The van der Waals surface area contributed by atoms with Crippen molar-refractivity contribution in [3.63, 3.8) is 0 Å². The average molecular weight is 294 g/mol. The van der Waals surface area contributed by atoms with E-state index in [4.69, 9.17) is 0 Å². The van der Waals surface area contributed by atoms with Gasteiger partial charge in [-0.3, -0.25) is 0 Å². The van der Waals surface area contributed by atoms with Crippen molar-refractivity contribution in [1.29, 1.82) is 0 Å². The maximum Gasteiger partial charge on any atom is 0.240 e. The smallest absolute Gasteiger partial charge is 0.240 e. The molecule has 0 bridgehead atoms. The first-order valence-corrected chi connectivity index (χ1v) is 8.77. The molecule has 0 radical (unpaired) electrons. The molecule has 0 aromatic heterocycles. The number of benzene rings is 1. The van der Waals surface area contributed by atoms with E-state index in [-0.39, 0.29) is 5.41 Å². The van der Waals surface area contributed by atoms with Gasteiger partial charge in [-0.15, -0.1) is 0 Å². The van der Waals surface area contributed by atoms with Gasteiger partial charge in [0, 0.05) is 19.1 Å². The molecular weight excluding hydrogens is 272 g/mol. The van der Waals surface area contributed by atoms with Gasteiger partial charge in [0.1, 0.15) is 0 Å². The van der Waals surface area contributed by atoms with Crippen molar-refractivity contribution in [2.75, 3.05) is 6.54 Å². The van der Waals surface area contributed by atoms with Crippen LogP contribution in [-0.2, 0) is 16.6 Å². The topological polar surface area (TPSA) is 58.2 Å². The third-order valence-electron chi connectivity index (χ3n) is 4.17. The van der Waals surface area contributed by atoms with Gasteiger partial charge in [-0.05, 0) is 48.8 Å². The summed E-state index contributed by atoms with van der Waals surface area (Å²) in [6.45, 7) is 3.40. The molecule has 3 rings (SSSR count). The highest BCUT2D eigenvalue weighted by atomic mass is 32.2. The van der Waals surface area contributed by atoms with E-state index in [1.54, 1.807) is 12.1 Å². The lowest BCUT2D eigenvalue weighted by Gasteiger charge is -2.12. The third kappa shape index (κ3) is 3.59. The van der Waals surface area contributed by atoms with Gasteiger partial charge in [0.05, 0.1) is 4.90 Å². The normalized spacial score (nSPS) is 20.9. The van der Waals surface area contributed by atoms with E-state index in [2.05, 4.69) is 17.0 Å². The summed E-state index contributed by atoms with van der Waals surface area (Å²) in [5.41, 5.74) is 1.20. The van der Waals surface area contributed by atoms with Crippen molar-refractivity contribution in [3.05, 3.63) is 29.8 Å². The molecule has 0 spiro atoms. The number of nitrogens with one attached hydrogen (secondary N) is 2. The second kappa shape index (κ2) is 5.13. The minimum atomic E-state index is -3.38. The molecule has 0 heterocycles. The Morgan fingerprint density at radius 1 is 1.30 bits per heavy atom. The molecule has 2 aliphatic rings. The van der Waals surface area contributed by atoms with E-state index < -0.39 is 10.0 Å². The van der Waals surface area contributed by atoms with Crippen LogP contribution in [0.1, 0.15) is 38.2 Å². The van der Waals surface area contributed by atoms with E-state index in [9.17, 15) is 8.42 Å². The highest BCUT2D eigenvalue weighted by molar-refractivity contribution is 7.89. The number of rotatable bonds is 7. The monoisotopic (exact) mass is 294 g/mol. The number of sulfonamides is 1. The molecule has 0 aliphatic heterocycles. The molecule has 1 aromatic carbocycles. The first-order valence-electron chi connectivity index (χ1n) is 7.29. The van der Waals surface area contributed by atoms with E-state index in [0.717, 1.165) is 24.9 Å². The second-order valence-corrected chi connectivity index (χ2v) is 8.20. The Balaban J connectivity index is 1.65. The zero-order chi connectivity index (χ0) is 14.2. The molecule has 1 aromatic rings. The van der Waals surface area contributed by atoms with Gasteiger partial charge in [0.2, 0.25) is 10.0 Å². The van der Waals surface area contributed by atoms with Crippen molar-refractivity contribution < 1.29 is 8.42 Å². The molecular formula is C15H22N2O2S. The van der Waals surface area contributed by atoms with E-state index in [0.29, 0.717) is 17.5 Å². The van der Waals surface area contributed by atoms with Crippen LogP contribution in [0.2, 0.25) is 0 Å². The summed E-state index contributed by atoms with van der Waals surface area (Å²) < 4.78 is 27.3. The molecule has 4 nitrogen and oxygen atoms in total. The molecule has 0 saturated heterocycles. The van der Waals surface area contributed by atoms with Crippen LogP contribution in [-0.4, -0.2) is 21.0 Å². The lowest BCUT2D eigenvalue weighted by molar-refractivity contribution is 0.530. The van der Waals surface area contributed by atoms with E-state index in [1.165, 1.54) is 12.8 Å². The quantitative estimate of drug-likeness (QED) is 0.809. The minimum Gasteiger partial charge on any atom is -0.310 e. The van der Waals surface area contributed by atoms with Gasteiger partial charge in [-0.25, -0.2) is 13.1 Å². The van der Waals surface area contributed by atoms with Crippen LogP contribution in [0.25, 0.3) is 0 Å². The Labute approximate surface area is 121 Å². The van der Waals surface area contributed by atoms with Crippen LogP contribution in [0.5, 0.6) is 0 Å². The second-order valence-electron chi connectivity index (χ2n) is 6.44. The van der Waals surface area contributed by atoms with Crippen LogP contribution < -0.4 is 10.0 Å². The molecule has 5 heteroatoms. The first-order chi connectivity index (χ1) is 9.47. The molecule has 0 unspecified atom stereocenters. The largest absolute Gasteiger partial charge is 0.310 e. The summed E-state index contributed by atoms with van der Waals surface area (Å²) in [5.74, 6) is 0. The zero-order valence-electron chi connectivity index (χ0n) is 11.9. The Bertz CT molecular complexity index is 590. The molecule has 2 fully saturated rings. The standard InChI is InChI=1S/C15H22N2O2S/c1-15(7-8-15)11-17-20(18,19)14-4-2-3-12(9-14)10-16-13-5-6-13/h2-4,9,13,16-17H,5-8,10-11H2,1H3. The van der Waals surface area contributed by atoms with Gasteiger partial charge >= 0.3 is 0 Å². The highest BCUT2D eigenvalue weighted by Crippen LogP contribution is 2.44. The Kier molecular flexibility index (Phi) is 3.60. The molecule has 0 amide bonds. The summed E-state index contributed by atoms with van der Waals surface area (Å²) in [5, 5.41) is 3.40. The lowest BCUT2D eigenvalue weighted by Crippen LogP contribution is -2.29.